The molecule has 0 aliphatic carbocycles. The summed E-state index contributed by atoms with van der Waals surface area (Å²) in [6.07, 6.45) is 0. The first kappa shape index (κ1) is 20.0. The average Bonchev–Trinajstić information content (AvgIpc) is 2.34. The number of nitrogens with zero attached hydrogens (tertiary/aromatic N) is 1. The Morgan fingerprint density at radius 2 is 1.76 bits per heavy atom. The molecule has 0 spiro atoms. The summed E-state index contributed by atoms with van der Waals surface area (Å²) in [5, 5.41) is 6.56. The molecule has 0 radical (unpaired) electrons. The predicted octanol–water partition coefficient (Wildman–Crippen LogP) is 3.26. The molecule has 0 amide bonds. The number of ether oxygens (including phenoxy) is 1. The minimum Gasteiger partial charge on any atom is -0.491 e. The van der Waals surface area contributed by atoms with Crippen molar-refractivity contribution in [3.63, 3.8) is 0 Å². The van der Waals surface area contributed by atoms with Crippen LogP contribution in [-0.2, 0) is 0 Å². The maximum atomic E-state index is 5.85. The normalized spacial score (nSPS) is 11.6. The molecule has 0 atom stereocenters. The second-order valence-electron chi connectivity index (χ2n) is 5.94. The summed E-state index contributed by atoms with van der Waals surface area (Å²) in [6, 6.07) is 6.18. The summed E-state index contributed by atoms with van der Waals surface area (Å²) in [6.45, 7) is 11.8. The lowest BCUT2D eigenvalue weighted by molar-refractivity contribution is 0.317. The molecule has 21 heavy (non-hydrogen) atoms. The van der Waals surface area contributed by atoms with Crippen LogP contribution in [0.25, 0.3) is 0 Å². The van der Waals surface area contributed by atoms with Gasteiger partial charge in [-0.15, -0.1) is 24.0 Å². The molecular formula is C16H28IN3O. The van der Waals surface area contributed by atoms with Crippen LogP contribution >= 0.6 is 24.0 Å². The van der Waals surface area contributed by atoms with Gasteiger partial charge < -0.3 is 15.4 Å². The van der Waals surface area contributed by atoms with Crippen molar-refractivity contribution in [2.45, 2.75) is 40.2 Å². The van der Waals surface area contributed by atoms with Gasteiger partial charge in [0.25, 0.3) is 0 Å². The van der Waals surface area contributed by atoms with E-state index in [0.717, 1.165) is 11.7 Å². The minimum atomic E-state index is -0.00466. The molecule has 1 aromatic carbocycles. The third-order valence-electron chi connectivity index (χ3n) is 2.77. The summed E-state index contributed by atoms with van der Waals surface area (Å²) >= 11 is 0. The molecular weight excluding hydrogens is 377 g/mol. The van der Waals surface area contributed by atoms with Gasteiger partial charge in [0.15, 0.2) is 5.96 Å². The van der Waals surface area contributed by atoms with Gasteiger partial charge in [-0.1, -0.05) is 18.2 Å². The van der Waals surface area contributed by atoms with Crippen molar-refractivity contribution in [3.05, 3.63) is 29.3 Å². The highest BCUT2D eigenvalue weighted by Gasteiger charge is 2.11. The Balaban J connectivity index is 0.00000400. The van der Waals surface area contributed by atoms with Crippen LogP contribution in [0.2, 0.25) is 0 Å². The van der Waals surface area contributed by atoms with Gasteiger partial charge in [0.2, 0.25) is 0 Å². The molecule has 0 saturated carbocycles. The Labute approximate surface area is 145 Å². The third-order valence-corrected chi connectivity index (χ3v) is 2.77. The number of benzene rings is 1. The monoisotopic (exact) mass is 405 g/mol. The van der Waals surface area contributed by atoms with Crippen molar-refractivity contribution >= 4 is 29.9 Å². The molecule has 0 heterocycles. The summed E-state index contributed by atoms with van der Waals surface area (Å²) in [5.74, 6) is 1.77. The number of nitrogens with one attached hydrogen (secondary N) is 2. The van der Waals surface area contributed by atoms with Crippen LogP contribution in [0.3, 0.4) is 0 Å². The first-order chi connectivity index (χ1) is 9.33. The molecule has 0 fully saturated rings. The topological polar surface area (TPSA) is 45.7 Å². The number of hydrogen-bond donors (Lipinski definition) is 2. The third kappa shape index (κ3) is 7.55. The molecule has 1 rings (SSSR count). The van der Waals surface area contributed by atoms with Crippen LogP contribution in [0.5, 0.6) is 5.75 Å². The zero-order valence-electron chi connectivity index (χ0n) is 13.9. The number of rotatable bonds is 4. The van der Waals surface area contributed by atoms with Gasteiger partial charge in [-0.2, -0.15) is 0 Å². The van der Waals surface area contributed by atoms with E-state index in [1.807, 2.05) is 6.07 Å². The maximum Gasteiger partial charge on any atom is 0.191 e. The minimum absolute atomic E-state index is 0. The van der Waals surface area contributed by atoms with E-state index in [9.17, 15) is 0 Å². The van der Waals surface area contributed by atoms with Crippen LogP contribution in [0.15, 0.2) is 23.2 Å². The number of guanidine groups is 1. The van der Waals surface area contributed by atoms with E-state index in [1.54, 1.807) is 7.05 Å². The zero-order valence-corrected chi connectivity index (χ0v) is 16.2. The number of para-hydroxylation sites is 1. The standard InChI is InChI=1S/C16H27N3O.HI/c1-12-8-7-9-13(2)14(12)20-11-10-18-15(17-6)19-16(3,4)5;/h7-9H,10-11H2,1-6H3,(H2,17,18,19);1H. The Hall–Kier alpha value is -0.980. The molecule has 0 bridgehead atoms. The van der Waals surface area contributed by atoms with Crippen LogP contribution < -0.4 is 15.4 Å². The molecule has 2 N–H and O–H groups in total. The lowest BCUT2D eigenvalue weighted by Gasteiger charge is -2.23. The number of aliphatic imine (C=N–C) groups is 1. The SMILES string of the molecule is CN=C(NCCOc1c(C)cccc1C)NC(C)(C)C.I. The van der Waals surface area contributed by atoms with Gasteiger partial charge in [-0.3, -0.25) is 4.99 Å². The van der Waals surface area contributed by atoms with Gasteiger partial charge in [0.1, 0.15) is 12.4 Å². The van der Waals surface area contributed by atoms with Gasteiger partial charge in [-0.05, 0) is 45.7 Å². The molecule has 0 aliphatic heterocycles. The average molecular weight is 405 g/mol. The van der Waals surface area contributed by atoms with Gasteiger partial charge in [-0.25, -0.2) is 0 Å². The first-order valence-corrected chi connectivity index (χ1v) is 7.01. The van der Waals surface area contributed by atoms with Crippen molar-refractivity contribution in [2.75, 3.05) is 20.2 Å². The largest absolute Gasteiger partial charge is 0.491 e. The smallest absolute Gasteiger partial charge is 0.191 e. The van der Waals surface area contributed by atoms with Crippen LogP contribution in [0.4, 0.5) is 0 Å². The van der Waals surface area contributed by atoms with E-state index in [2.05, 4.69) is 62.4 Å². The summed E-state index contributed by atoms with van der Waals surface area (Å²) in [4.78, 5) is 4.19. The molecule has 0 saturated heterocycles. The molecule has 5 heteroatoms. The quantitative estimate of drug-likeness (QED) is 0.350. The highest BCUT2D eigenvalue weighted by atomic mass is 127. The fraction of sp³-hybridized carbons (Fsp3) is 0.562. The van der Waals surface area contributed by atoms with E-state index in [1.165, 1.54) is 11.1 Å². The van der Waals surface area contributed by atoms with E-state index in [4.69, 9.17) is 4.74 Å². The molecule has 120 valence electrons. The van der Waals surface area contributed by atoms with Crippen LogP contribution in [0, 0.1) is 13.8 Å². The van der Waals surface area contributed by atoms with Crippen LogP contribution in [-0.4, -0.2) is 31.7 Å². The van der Waals surface area contributed by atoms with Crippen molar-refractivity contribution in [1.29, 1.82) is 0 Å². The van der Waals surface area contributed by atoms with Gasteiger partial charge in [0, 0.05) is 12.6 Å². The van der Waals surface area contributed by atoms with Gasteiger partial charge >= 0.3 is 0 Å². The van der Waals surface area contributed by atoms with Crippen molar-refractivity contribution in [1.82, 2.24) is 10.6 Å². The van der Waals surface area contributed by atoms with Crippen molar-refractivity contribution < 1.29 is 4.74 Å². The Morgan fingerprint density at radius 3 is 2.24 bits per heavy atom. The highest BCUT2D eigenvalue weighted by molar-refractivity contribution is 14.0. The molecule has 0 unspecified atom stereocenters. The molecule has 0 aliphatic rings. The highest BCUT2D eigenvalue weighted by Crippen LogP contribution is 2.21. The maximum absolute atomic E-state index is 5.85. The number of halogens is 1. The second kappa shape index (κ2) is 9.12. The fourth-order valence-corrected chi connectivity index (χ4v) is 1.88. The van der Waals surface area contributed by atoms with Gasteiger partial charge in [0.05, 0.1) is 6.54 Å². The van der Waals surface area contributed by atoms with E-state index < -0.39 is 0 Å². The van der Waals surface area contributed by atoms with Crippen LogP contribution in [0.1, 0.15) is 31.9 Å². The molecule has 0 aromatic heterocycles. The van der Waals surface area contributed by atoms with Crippen molar-refractivity contribution in [3.8, 4) is 5.75 Å². The summed E-state index contributed by atoms with van der Waals surface area (Å²) < 4.78 is 5.85. The van der Waals surface area contributed by atoms with E-state index >= 15 is 0 Å². The fourth-order valence-electron chi connectivity index (χ4n) is 1.88. The number of aryl methyl sites for hydroxylation is 2. The summed E-state index contributed by atoms with van der Waals surface area (Å²) in [7, 11) is 1.77. The molecule has 1 aromatic rings. The lowest BCUT2D eigenvalue weighted by atomic mass is 10.1. The predicted molar refractivity (Wildman–Crippen MR) is 101 cm³/mol. The van der Waals surface area contributed by atoms with E-state index in [0.29, 0.717) is 13.2 Å². The van der Waals surface area contributed by atoms with Crippen molar-refractivity contribution in [2.24, 2.45) is 4.99 Å². The van der Waals surface area contributed by atoms with E-state index in [-0.39, 0.29) is 29.5 Å². The second-order valence-corrected chi connectivity index (χ2v) is 5.94. The Morgan fingerprint density at radius 1 is 1.19 bits per heavy atom. The Bertz CT molecular complexity index is 447. The zero-order chi connectivity index (χ0) is 15.2. The first-order valence-electron chi connectivity index (χ1n) is 7.01. The molecule has 4 nitrogen and oxygen atoms in total. The lowest BCUT2D eigenvalue weighted by Crippen LogP contribution is -2.48. The Kier molecular flexibility index (Phi) is 8.70. The number of hydrogen-bond acceptors (Lipinski definition) is 2. The summed E-state index contributed by atoms with van der Waals surface area (Å²) in [5.41, 5.74) is 2.33.